The highest BCUT2D eigenvalue weighted by atomic mass is 35.5. The summed E-state index contributed by atoms with van der Waals surface area (Å²) in [6.45, 7) is 4.99. The van der Waals surface area contributed by atoms with Gasteiger partial charge in [-0.2, -0.15) is 0 Å². The highest BCUT2D eigenvalue weighted by Gasteiger charge is 2.26. The minimum absolute atomic E-state index is 0.0252. The van der Waals surface area contributed by atoms with Crippen LogP contribution in [0.5, 0.6) is 5.75 Å². The van der Waals surface area contributed by atoms with E-state index in [1.165, 1.54) is 6.07 Å². The number of carbonyl (C=O) groups excluding carboxylic acids is 1. The van der Waals surface area contributed by atoms with Crippen LogP contribution >= 0.6 is 11.6 Å². The van der Waals surface area contributed by atoms with E-state index in [9.17, 15) is 14.3 Å². The fourth-order valence-corrected chi connectivity index (χ4v) is 3.62. The first-order chi connectivity index (χ1) is 14.4. The Morgan fingerprint density at radius 2 is 2.00 bits per heavy atom. The lowest BCUT2D eigenvalue weighted by Crippen LogP contribution is -2.55. The van der Waals surface area contributed by atoms with Gasteiger partial charge in [-0.05, 0) is 43.3 Å². The number of carbonyl (C=O) groups is 1. The molecule has 162 valence electrons. The van der Waals surface area contributed by atoms with Crippen LogP contribution in [-0.2, 0) is 4.79 Å². The monoisotopic (exact) mass is 435 g/mol. The predicted molar refractivity (Wildman–Crippen MR) is 115 cm³/mol. The van der Waals surface area contributed by atoms with Gasteiger partial charge in [-0.1, -0.05) is 23.7 Å². The third-order valence-corrected chi connectivity index (χ3v) is 5.31. The summed E-state index contributed by atoms with van der Waals surface area (Å²) in [4.78, 5) is 16.5. The first-order valence-corrected chi connectivity index (χ1v) is 10.4. The Morgan fingerprint density at radius 3 is 2.70 bits per heavy atom. The van der Waals surface area contributed by atoms with Gasteiger partial charge in [0.05, 0.1) is 6.54 Å². The summed E-state index contributed by atoms with van der Waals surface area (Å²) in [6, 6.07) is 13.3. The van der Waals surface area contributed by atoms with Crippen molar-refractivity contribution in [3.05, 3.63) is 59.4 Å². The molecule has 1 aliphatic rings. The molecule has 0 aromatic heterocycles. The quantitative estimate of drug-likeness (QED) is 0.667. The average Bonchev–Trinajstić information content (AvgIpc) is 2.71. The molecule has 1 fully saturated rings. The largest absolute Gasteiger partial charge is 0.488 e. The van der Waals surface area contributed by atoms with Crippen LogP contribution in [0.15, 0.2) is 48.5 Å². The summed E-state index contributed by atoms with van der Waals surface area (Å²) in [6.07, 6.45) is -0.730. The number of nitrogens with zero attached hydrogens (tertiary/aromatic N) is 2. The van der Waals surface area contributed by atoms with Gasteiger partial charge in [-0.25, -0.2) is 4.39 Å². The minimum Gasteiger partial charge on any atom is -0.488 e. The van der Waals surface area contributed by atoms with E-state index in [1.54, 1.807) is 42.5 Å². The second-order valence-electron chi connectivity index (χ2n) is 7.53. The molecule has 1 heterocycles. The molecule has 0 radical (unpaired) electrons. The molecule has 0 aliphatic carbocycles. The molecule has 2 unspecified atom stereocenters. The maximum atomic E-state index is 13.6. The van der Waals surface area contributed by atoms with Crippen molar-refractivity contribution in [2.24, 2.45) is 0 Å². The van der Waals surface area contributed by atoms with Crippen LogP contribution in [0, 0.1) is 5.82 Å². The van der Waals surface area contributed by atoms with Gasteiger partial charge in [0, 0.05) is 42.9 Å². The molecular formula is C22H27ClFN3O3. The number of hydrogen-bond acceptors (Lipinski definition) is 5. The summed E-state index contributed by atoms with van der Waals surface area (Å²) in [5.74, 6) is -0.374. The summed E-state index contributed by atoms with van der Waals surface area (Å²) < 4.78 is 19.0. The number of aliphatic hydroxyl groups excluding tert-OH is 1. The van der Waals surface area contributed by atoms with Crippen molar-refractivity contribution in [3.63, 3.8) is 0 Å². The molecule has 1 saturated heterocycles. The zero-order chi connectivity index (χ0) is 21.5. The van der Waals surface area contributed by atoms with E-state index in [0.29, 0.717) is 23.8 Å². The van der Waals surface area contributed by atoms with Gasteiger partial charge in [0.25, 0.3) is 0 Å². The summed E-state index contributed by atoms with van der Waals surface area (Å²) in [7, 11) is 0. The Labute approximate surface area is 181 Å². The molecular weight excluding hydrogens is 409 g/mol. The average molecular weight is 436 g/mol. The standard InChI is InChI=1S/C22H27ClFN3O3/c1-16-12-26(14-22(29)25-18-8-6-17(23)7-9-18)10-11-27(16)13-19(28)15-30-21-5-3-2-4-20(21)24/h2-9,16,19,28H,10-15H2,1H3,(H,25,29). The molecule has 2 N–H and O–H groups in total. The molecule has 8 heteroatoms. The number of amides is 1. The molecule has 30 heavy (non-hydrogen) atoms. The van der Waals surface area contributed by atoms with Gasteiger partial charge in [0.1, 0.15) is 12.7 Å². The van der Waals surface area contributed by atoms with Gasteiger partial charge < -0.3 is 15.2 Å². The zero-order valence-corrected chi connectivity index (χ0v) is 17.7. The number of nitrogens with one attached hydrogen (secondary N) is 1. The molecule has 6 nitrogen and oxygen atoms in total. The van der Waals surface area contributed by atoms with Crippen molar-refractivity contribution in [3.8, 4) is 5.75 Å². The molecule has 2 aromatic carbocycles. The lowest BCUT2D eigenvalue weighted by molar-refractivity contribution is -0.118. The second-order valence-corrected chi connectivity index (χ2v) is 7.97. The van der Waals surface area contributed by atoms with Crippen molar-refractivity contribution in [2.45, 2.75) is 19.1 Å². The molecule has 2 aromatic rings. The summed E-state index contributed by atoms with van der Waals surface area (Å²) in [5.41, 5.74) is 0.717. The van der Waals surface area contributed by atoms with Gasteiger partial charge >= 0.3 is 0 Å². The Balaban J connectivity index is 1.40. The highest BCUT2D eigenvalue weighted by Crippen LogP contribution is 2.17. The summed E-state index contributed by atoms with van der Waals surface area (Å²) >= 11 is 5.86. The second kappa shape index (κ2) is 10.7. The number of halogens is 2. The van der Waals surface area contributed by atoms with E-state index in [-0.39, 0.29) is 24.3 Å². The van der Waals surface area contributed by atoms with Gasteiger partial charge in [0.15, 0.2) is 11.6 Å². The molecule has 1 amide bonds. The molecule has 3 rings (SSSR count). The lowest BCUT2D eigenvalue weighted by atomic mass is 10.1. The van der Waals surface area contributed by atoms with E-state index >= 15 is 0 Å². The van der Waals surface area contributed by atoms with Crippen molar-refractivity contribution in [1.82, 2.24) is 9.80 Å². The van der Waals surface area contributed by atoms with E-state index < -0.39 is 11.9 Å². The number of para-hydroxylation sites is 1. The van der Waals surface area contributed by atoms with Crippen LogP contribution < -0.4 is 10.1 Å². The number of β-amino-alcohol motifs (C(OH)–C–C–N with tert-alkyl or cyclic N) is 1. The first kappa shape index (κ1) is 22.5. The van der Waals surface area contributed by atoms with Crippen LogP contribution in [0.2, 0.25) is 5.02 Å². The van der Waals surface area contributed by atoms with Crippen molar-refractivity contribution in [1.29, 1.82) is 0 Å². The molecule has 1 aliphatic heterocycles. The Morgan fingerprint density at radius 1 is 1.27 bits per heavy atom. The van der Waals surface area contributed by atoms with Gasteiger partial charge in [-0.15, -0.1) is 0 Å². The first-order valence-electron chi connectivity index (χ1n) is 9.98. The van der Waals surface area contributed by atoms with E-state index in [4.69, 9.17) is 16.3 Å². The van der Waals surface area contributed by atoms with E-state index in [1.807, 2.05) is 0 Å². The lowest BCUT2D eigenvalue weighted by Gasteiger charge is -2.40. The number of piperazine rings is 1. The Kier molecular flexibility index (Phi) is 8.04. The maximum absolute atomic E-state index is 13.6. The topological polar surface area (TPSA) is 65.0 Å². The van der Waals surface area contributed by atoms with E-state index in [0.717, 1.165) is 19.6 Å². The highest BCUT2D eigenvalue weighted by molar-refractivity contribution is 6.30. The van der Waals surface area contributed by atoms with Crippen LogP contribution in [0.1, 0.15) is 6.92 Å². The van der Waals surface area contributed by atoms with Crippen LogP contribution in [0.3, 0.4) is 0 Å². The third kappa shape index (κ3) is 6.67. The molecule has 0 spiro atoms. The fourth-order valence-electron chi connectivity index (χ4n) is 3.49. The molecule has 2 atom stereocenters. The number of anilines is 1. The van der Waals surface area contributed by atoms with Crippen molar-refractivity contribution < 1.29 is 19.0 Å². The van der Waals surface area contributed by atoms with Gasteiger partial charge in [-0.3, -0.25) is 14.6 Å². The molecule has 0 bridgehead atoms. The number of aliphatic hydroxyl groups is 1. The fraction of sp³-hybridized carbons (Fsp3) is 0.409. The minimum atomic E-state index is -0.730. The van der Waals surface area contributed by atoms with E-state index in [2.05, 4.69) is 22.0 Å². The number of hydrogen-bond donors (Lipinski definition) is 2. The zero-order valence-electron chi connectivity index (χ0n) is 16.9. The Bertz CT molecular complexity index is 837. The number of benzene rings is 2. The van der Waals surface area contributed by atoms with Crippen molar-refractivity contribution >= 4 is 23.2 Å². The predicted octanol–water partition coefficient (Wildman–Crippen LogP) is 2.86. The normalized spacial score (nSPS) is 18.7. The maximum Gasteiger partial charge on any atom is 0.238 e. The SMILES string of the molecule is CC1CN(CC(=O)Nc2ccc(Cl)cc2)CCN1CC(O)COc1ccccc1F. The van der Waals surface area contributed by atoms with Crippen LogP contribution in [-0.4, -0.2) is 72.3 Å². The number of rotatable bonds is 8. The summed E-state index contributed by atoms with van der Waals surface area (Å²) in [5, 5.41) is 13.8. The number of ether oxygens (including phenoxy) is 1. The van der Waals surface area contributed by atoms with Gasteiger partial charge in [0.2, 0.25) is 5.91 Å². The molecule has 0 saturated carbocycles. The third-order valence-electron chi connectivity index (χ3n) is 5.06. The van der Waals surface area contributed by atoms with Crippen molar-refractivity contribution in [2.75, 3.05) is 44.6 Å². The van der Waals surface area contributed by atoms with Crippen LogP contribution in [0.4, 0.5) is 10.1 Å². The van der Waals surface area contributed by atoms with Crippen LogP contribution in [0.25, 0.3) is 0 Å². The smallest absolute Gasteiger partial charge is 0.238 e. The Hall–Kier alpha value is -2.19.